The van der Waals surface area contributed by atoms with Crippen LogP contribution in [-0.4, -0.2) is 22.2 Å². The highest BCUT2D eigenvalue weighted by molar-refractivity contribution is 9.10. The van der Waals surface area contributed by atoms with Gasteiger partial charge in [0.2, 0.25) is 0 Å². The second kappa shape index (κ2) is 7.30. The Morgan fingerprint density at radius 1 is 1.44 bits per heavy atom. The molecule has 1 rings (SSSR count). The highest BCUT2D eigenvalue weighted by atomic mass is 79.9. The van der Waals surface area contributed by atoms with Crippen LogP contribution in [0.5, 0.6) is 0 Å². The smallest absolute Gasteiger partial charge is 0.0767 e. The van der Waals surface area contributed by atoms with Gasteiger partial charge in [-0.1, -0.05) is 6.92 Å². The van der Waals surface area contributed by atoms with Crippen LogP contribution in [-0.2, 0) is 19.5 Å². The first-order valence-electron chi connectivity index (χ1n) is 5.75. The van der Waals surface area contributed by atoms with Crippen LogP contribution >= 0.6 is 27.5 Å². The van der Waals surface area contributed by atoms with Crippen LogP contribution in [0, 0.1) is 0 Å². The summed E-state index contributed by atoms with van der Waals surface area (Å²) >= 11 is 9.26. The molecule has 1 N–H and O–H groups in total. The molecule has 1 aromatic heterocycles. The first-order chi connectivity index (χ1) is 7.74. The average Bonchev–Trinajstić information content (AvgIpc) is 2.61. The molecule has 0 aliphatic heterocycles. The second-order valence-corrected chi connectivity index (χ2v) is 4.77. The number of nitrogens with one attached hydrogen (secondary N) is 1. The summed E-state index contributed by atoms with van der Waals surface area (Å²) in [6, 6.07) is 0. The molecule has 0 fully saturated rings. The predicted octanol–water partition coefficient (Wildman–Crippen LogP) is 2.95. The minimum Gasteiger partial charge on any atom is -0.311 e. The maximum absolute atomic E-state index is 5.63. The third kappa shape index (κ3) is 3.47. The van der Waals surface area contributed by atoms with Crippen molar-refractivity contribution in [2.45, 2.75) is 39.8 Å². The van der Waals surface area contributed by atoms with Gasteiger partial charge >= 0.3 is 0 Å². The minimum atomic E-state index is 0.710. The monoisotopic (exact) mass is 307 g/mol. The van der Waals surface area contributed by atoms with E-state index < -0.39 is 0 Å². The zero-order valence-corrected chi connectivity index (χ0v) is 12.2. The molecule has 0 atom stereocenters. The Morgan fingerprint density at radius 2 is 2.19 bits per heavy atom. The Balaban J connectivity index is 2.65. The summed E-state index contributed by atoms with van der Waals surface area (Å²) < 4.78 is 3.20. The van der Waals surface area contributed by atoms with Crippen molar-refractivity contribution in [3.05, 3.63) is 15.9 Å². The lowest BCUT2D eigenvalue weighted by Gasteiger charge is -2.06. The normalized spacial score (nSPS) is 11.0. The Hall–Kier alpha value is -0.0600. The van der Waals surface area contributed by atoms with Gasteiger partial charge in [0, 0.05) is 19.0 Å². The highest BCUT2D eigenvalue weighted by Gasteiger charge is 2.12. The molecule has 0 radical (unpaired) electrons. The molecule has 0 saturated carbocycles. The highest BCUT2D eigenvalue weighted by Crippen LogP contribution is 2.22. The lowest BCUT2D eigenvalue weighted by atomic mass is 10.3. The molecular formula is C11H19BrClN3. The number of hydrogen-bond acceptors (Lipinski definition) is 2. The fraction of sp³-hybridized carbons (Fsp3) is 0.727. The Bertz CT molecular complexity index is 325. The zero-order chi connectivity index (χ0) is 12.0. The first-order valence-corrected chi connectivity index (χ1v) is 7.08. The maximum Gasteiger partial charge on any atom is 0.0767 e. The quantitative estimate of drug-likeness (QED) is 0.620. The van der Waals surface area contributed by atoms with Crippen LogP contribution in [0.1, 0.15) is 31.7 Å². The van der Waals surface area contributed by atoms with Crippen LogP contribution in [0.4, 0.5) is 0 Å². The van der Waals surface area contributed by atoms with Crippen molar-refractivity contribution in [2.75, 3.05) is 12.4 Å². The van der Waals surface area contributed by atoms with E-state index in [1.807, 2.05) is 0 Å². The summed E-state index contributed by atoms with van der Waals surface area (Å²) in [5.74, 6) is 0.710. The van der Waals surface area contributed by atoms with Crippen molar-refractivity contribution in [1.82, 2.24) is 15.1 Å². The number of rotatable bonds is 7. The largest absolute Gasteiger partial charge is 0.311 e. The van der Waals surface area contributed by atoms with Crippen LogP contribution in [0.25, 0.3) is 0 Å². The van der Waals surface area contributed by atoms with Crippen molar-refractivity contribution in [2.24, 2.45) is 0 Å². The zero-order valence-electron chi connectivity index (χ0n) is 9.89. The molecule has 0 amide bonds. The minimum absolute atomic E-state index is 0.710. The van der Waals surface area contributed by atoms with E-state index >= 15 is 0 Å². The number of hydrogen-bond donors (Lipinski definition) is 1. The summed E-state index contributed by atoms with van der Waals surface area (Å²) in [4.78, 5) is 0. The lowest BCUT2D eigenvalue weighted by molar-refractivity contribution is 0.575. The topological polar surface area (TPSA) is 29.9 Å². The third-order valence-electron chi connectivity index (χ3n) is 2.47. The van der Waals surface area contributed by atoms with Gasteiger partial charge in [0.05, 0.1) is 15.9 Å². The SMILES string of the molecule is CCc1nn(CC)c(CNCCCCl)c1Br. The molecule has 16 heavy (non-hydrogen) atoms. The van der Waals surface area contributed by atoms with Crippen LogP contribution in [0.2, 0.25) is 0 Å². The summed E-state index contributed by atoms with van der Waals surface area (Å²) in [6.07, 6.45) is 1.96. The summed E-state index contributed by atoms with van der Waals surface area (Å²) in [5, 5.41) is 7.93. The van der Waals surface area contributed by atoms with E-state index in [0.717, 1.165) is 42.6 Å². The summed E-state index contributed by atoms with van der Waals surface area (Å²) in [6.45, 7) is 6.94. The van der Waals surface area contributed by atoms with Gasteiger partial charge in [-0.2, -0.15) is 5.10 Å². The molecule has 0 aromatic carbocycles. The summed E-state index contributed by atoms with van der Waals surface area (Å²) in [7, 11) is 0. The van der Waals surface area contributed by atoms with Gasteiger partial charge < -0.3 is 5.32 Å². The van der Waals surface area contributed by atoms with Crippen molar-refractivity contribution in [3.63, 3.8) is 0 Å². The van der Waals surface area contributed by atoms with Gasteiger partial charge in [-0.3, -0.25) is 4.68 Å². The van der Waals surface area contributed by atoms with Gasteiger partial charge in [-0.15, -0.1) is 11.6 Å². The van der Waals surface area contributed by atoms with Gasteiger partial charge in [-0.05, 0) is 42.2 Å². The lowest BCUT2D eigenvalue weighted by Crippen LogP contribution is -2.18. The van der Waals surface area contributed by atoms with Gasteiger partial charge in [0.15, 0.2) is 0 Å². The van der Waals surface area contributed by atoms with Crippen molar-refractivity contribution < 1.29 is 0 Å². The molecule has 0 aliphatic rings. The van der Waals surface area contributed by atoms with Crippen LogP contribution < -0.4 is 5.32 Å². The number of nitrogens with zero attached hydrogens (tertiary/aromatic N) is 2. The number of aromatic nitrogens is 2. The molecule has 0 unspecified atom stereocenters. The maximum atomic E-state index is 5.63. The van der Waals surface area contributed by atoms with Crippen LogP contribution in [0.15, 0.2) is 4.47 Å². The third-order valence-corrected chi connectivity index (χ3v) is 3.66. The van der Waals surface area contributed by atoms with E-state index in [-0.39, 0.29) is 0 Å². The molecule has 0 aliphatic carbocycles. The number of halogens is 2. The van der Waals surface area contributed by atoms with Gasteiger partial charge in [-0.25, -0.2) is 0 Å². The molecule has 1 aromatic rings. The van der Waals surface area contributed by atoms with E-state index in [0.29, 0.717) is 5.88 Å². The fourth-order valence-corrected chi connectivity index (χ4v) is 2.42. The molecule has 92 valence electrons. The number of aryl methyl sites for hydroxylation is 2. The second-order valence-electron chi connectivity index (χ2n) is 3.60. The Kier molecular flexibility index (Phi) is 6.39. The first kappa shape index (κ1) is 14.0. The average molecular weight is 309 g/mol. The van der Waals surface area contributed by atoms with Crippen molar-refractivity contribution in [3.8, 4) is 0 Å². The molecule has 0 saturated heterocycles. The van der Waals surface area contributed by atoms with Gasteiger partial charge in [0.1, 0.15) is 0 Å². The standard InChI is InChI=1S/C11H19BrClN3/c1-3-9-11(12)10(16(4-2)15-9)8-14-7-5-6-13/h14H,3-8H2,1-2H3. The van der Waals surface area contributed by atoms with Gasteiger partial charge in [0.25, 0.3) is 0 Å². The number of alkyl halides is 1. The van der Waals surface area contributed by atoms with Crippen LogP contribution in [0.3, 0.4) is 0 Å². The van der Waals surface area contributed by atoms with Crippen molar-refractivity contribution >= 4 is 27.5 Å². The van der Waals surface area contributed by atoms with E-state index in [2.05, 4.69) is 44.9 Å². The molecule has 5 heteroatoms. The van der Waals surface area contributed by atoms with E-state index in [9.17, 15) is 0 Å². The summed E-state index contributed by atoms with van der Waals surface area (Å²) in [5.41, 5.74) is 2.37. The molecule has 1 heterocycles. The molecule has 0 bridgehead atoms. The van der Waals surface area contributed by atoms with Crippen molar-refractivity contribution in [1.29, 1.82) is 0 Å². The Morgan fingerprint density at radius 3 is 2.75 bits per heavy atom. The van der Waals surface area contributed by atoms with E-state index in [1.165, 1.54) is 5.69 Å². The van der Waals surface area contributed by atoms with E-state index in [4.69, 9.17) is 11.6 Å². The Labute approximate surface area is 111 Å². The predicted molar refractivity (Wildman–Crippen MR) is 72.0 cm³/mol. The molecular weight excluding hydrogens is 289 g/mol. The molecule has 3 nitrogen and oxygen atoms in total. The molecule has 0 spiro atoms. The fourth-order valence-electron chi connectivity index (χ4n) is 1.58. The van der Waals surface area contributed by atoms with E-state index in [1.54, 1.807) is 0 Å².